The summed E-state index contributed by atoms with van der Waals surface area (Å²) in [6.45, 7) is 0.133. The predicted molar refractivity (Wildman–Crippen MR) is 68.5 cm³/mol. The fourth-order valence-electron chi connectivity index (χ4n) is 2.21. The Bertz CT molecular complexity index is 453. The predicted octanol–water partition coefficient (Wildman–Crippen LogP) is 2.64. The lowest BCUT2D eigenvalue weighted by molar-refractivity contribution is -0.386. The first-order valence-electron chi connectivity index (χ1n) is 5.88. The Balaban J connectivity index is 2.11. The van der Waals surface area contributed by atoms with Crippen LogP contribution in [0.3, 0.4) is 0 Å². The number of ether oxygens (including phenoxy) is 1. The van der Waals surface area contributed by atoms with Gasteiger partial charge in [-0.2, -0.15) is 0 Å². The Morgan fingerprint density at radius 2 is 2.28 bits per heavy atom. The largest absolute Gasteiger partial charge is 0.372 e. The van der Waals surface area contributed by atoms with E-state index in [1.54, 1.807) is 12.1 Å². The molecule has 5 nitrogen and oxygen atoms in total. The average molecular weight is 271 g/mol. The van der Waals surface area contributed by atoms with Crippen molar-refractivity contribution >= 4 is 17.3 Å². The number of rotatable bonds is 4. The molecule has 1 aromatic rings. The standard InChI is InChI=1S/C12H15ClN2O3/c13-9-3-1-5-11(15(16)17)8(9)7-18-12-6-2-4-10(12)14/h1,3,5,10,12H,2,4,6-7,14H2. The quantitative estimate of drug-likeness (QED) is 0.674. The van der Waals surface area contributed by atoms with Crippen LogP contribution in [0, 0.1) is 10.1 Å². The maximum atomic E-state index is 10.9. The summed E-state index contributed by atoms with van der Waals surface area (Å²) in [6, 6.07) is 4.64. The Morgan fingerprint density at radius 3 is 2.89 bits per heavy atom. The van der Waals surface area contributed by atoms with Crippen LogP contribution in [0.2, 0.25) is 5.02 Å². The van der Waals surface area contributed by atoms with E-state index in [4.69, 9.17) is 22.1 Å². The van der Waals surface area contributed by atoms with Gasteiger partial charge in [0.15, 0.2) is 0 Å². The summed E-state index contributed by atoms with van der Waals surface area (Å²) in [7, 11) is 0. The molecule has 0 radical (unpaired) electrons. The third-order valence-corrected chi connectivity index (χ3v) is 3.59. The van der Waals surface area contributed by atoms with Gasteiger partial charge < -0.3 is 10.5 Å². The van der Waals surface area contributed by atoms with Crippen molar-refractivity contribution < 1.29 is 9.66 Å². The van der Waals surface area contributed by atoms with Crippen molar-refractivity contribution in [1.29, 1.82) is 0 Å². The van der Waals surface area contributed by atoms with E-state index < -0.39 is 4.92 Å². The van der Waals surface area contributed by atoms with Crippen LogP contribution >= 0.6 is 11.6 Å². The summed E-state index contributed by atoms with van der Waals surface area (Å²) in [5, 5.41) is 11.3. The molecular formula is C12H15ClN2O3. The maximum Gasteiger partial charge on any atom is 0.276 e. The summed E-state index contributed by atoms with van der Waals surface area (Å²) in [5.41, 5.74) is 6.30. The van der Waals surface area contributed by atoms with Gasteiger partial charge in [-0.15, -0.1) is 0 Å². The minimum absolute atomic E-state index is 0.00549. The minimum atomic E-state index is -0.445. The van der Waals surface area contributed by atoms with Gasteiger partial charge in [-0.1, -0.05) is 17.7 Å². The van der Waals surface area contributed by atoms with Crippen LogP contribution < -0.4 is 5.73 Å². The number of halogens is 1. The fraction of sp³-hybridized carbons (Fsp3) is 0.500. The Labute approximate surface area is 110 Å². The van der Waals surface area contributed by atoms with E-state index in [2.05, 4.69) is 0 Å². The molecule has 2 rings (SSSR count). The highest BCUT2D eigenvalue weighted by Gasteiger charge is 2.26. The Hall–Kier alpha value is -1.17. The summed E-state index contributed by atoms with van der Waals surface area (Å²) in [5.74, 6) is 0. The van der Waals surface area contributed by atoms with E-state index in [1.807, 2.05) is 0 Å². The van der Waals surface area contributed by atoms with Crippen molar-refractivity contribution in [2.75, 3.05) is 0 Å². The molecule has 1 aliphatic rings. The number of hydrogen-bond acceptors (Lipinski definition) is 4. The fourth-order valence-corrected chi connectivity index (χ4v) is 2.44. The van der Waals surface area contributed by atoms with E-state index in [0.717, 1.165) is 19.3 Å². The molecule has 6 heteroatoms. The number of nitrogens with zero attached hydrogens (tertiary/aromatic N) is 1. The van der Waals surface area contributed by atoms with E-state index >= 15 is 0 Å². The van der Waals surface area contributed by atoms with E-state index in [0.29, 0.717) is 10.6 Å². The summed E-state index contributed by atoms with van der Waals surface area (Å²) in [4.78, 5) is 10.5. The first-order valence-corrected chi connectivity index (χ1v) is 6.26. The second-order valence-corrected chi connectivity index (χ2v) is 4.85. The number of nitrogens with two attached hydrogens (primary N) is 1. The molecule has 1 aromatic carbocycles. The molecule has 0 spiro atoms. The van der Waals surface area contributed by atoms with Gasteiger partial charge in [0, 0.05) is 12.1 Å². The molecule has 1 aliphatic carbocycles. The van der Waals surface area contributed by atoms with Gasteiger partial charge >= 0.3 is 0 Å². The molecule has 0 amide bonds. The summed E-state index contributed by atoms with van der Waals surface area (Å²) < 4.78 is 5.66. The molecule has 18 heavy (non-hydrogen) atoms. The molecule has 2 N–H and O–H groups in total. The van der Waals surface area contributed by atoms with Crippen molar-refractivity contribution in [1.82, 2.24) is 0 Å². The van der Waals surface area contributed by atoms with E-state index in [9.17, 15) is 10.1 Å². The third-order valence-electron chi connectivity index (χ3n) is 3.24. The lowest BCUT2D eigenvalue weighted by atomic mass is 10.2. The van der Waals surface area contributed by atoms with Crippen LogP contribution in [0.25, 0.3) is 0 Å². The second kappa shape index (κ2) is 5.65. The molecule has 0 saturated heterocycles. The highest BCUT2D eigenvalue weighted by Crippen LogP contribution is 2.29. The zero-order valence-corrected chi connectivity index (χ0v) is 10.6. The number of hydrogen-bond donors (Lipinski definition) is 1. The molecule has 0 aliphatic heterocycles. The molecule has 1 fully saturated rings. The maximum absolute atomic E-state index is 10.9. The summed E-state index contributed by atoms with van der Waals surface area (Å²) >= 11 is 5.98. The topological polar surface area (TPSA) is 78.4 Å². The van der Waals surface area contributed by atoms with Crippen molar-refractivity contribution in [2.45, 2.75) is 38.0 Å². The first kappa shape index (κ1) is 13.3. The lowest BCUT2D eigenvalue weighted by Crippen LogP contribution is -2.31. The van der Waals surface area contributed by atoms with Crippen LogP contribution in [0.15, 0.2) is 18.2 Å². The van der Waals surface area contributed by atoms with Gasteiger partial charge in [0.25, 0.3) is 5.69 Å². The smallest absolute Gasteiger partial charge is 0.276 e. The van der Waals surface area contributed by atoms with Crippen molar-refractivity contribution in [3.8, 4) is 0 Å². The molecule has 2 unspecified atom stereocenters. The van der Waals surface area contributed by atoms with E-state index in [-0.39, 0.29) is 24.4 Å². The zero-order valence-electron chi connectivity index (χ0n) is 9.84. The van der Waals surface area contributed by atoms with Gasteiger partial charge in [-0.3, -0.25) is 10.1 Å². The molecule has 1 saturated carbocycles. The number of nitro groups is 1. The minimum Gasteiger partial charge on any atom is -0.372 e. The second-order valence-electron chi connectivity index (χ2n) is 4.44. The van der Waals surface area contributed by atoms with Gasteiger partial charge in [-0.05, 0) is 25.3 Å². The number of benzene rings is 1. The normalized spacial score (nSPS) is 23.2. The van der Waals surface area contributed by atoms with Gasteiger partial charge in [-0.25, -0.2) is 0 Å². The molecule has 0 heterocycles. The van der Waals surface area contributed by atoms with Crippen LogP contribution in [0.5, 0.6) is 0 Å². The molecule has 0 bridgehead atoms. The number of nitro benzene ring substituents is 1. The van der Waals surface area contributed by atoms with Gasteiger partial charge in [0.1, 0.15) is 0 Å². The zero-order chi connectivity index (χ0) is 13.1. The molecule has 0 aromatic heterocycles. The van der Waals surface area contributed by atoms with Gasteiger partial charge in [0.05, 0.1) is 28.2 Å². The van der Waals surface area contributed by atoms with Crippen molar-refractivity contribution in [2.24, 2.45) is 5.73 Å². The SMILES string of the molecule is NC1CCCC1OCc1c(Cl)cccc1[N+](=O)[O-]. The van der Waals surface area contributed by atoms with Crippen molar-refractivity contribution in [3.63, 3.8) is 0 Å². The lowest BCUT2D eigenvalue weighted by Gasteiger charge is -2.16. The molecular weight excluding hydrogens is 256 g/mol. The monoisotopic (exact) mass is 270 g/mol. The third kappa shape index (κ3) is 2.80. The summed E-state index contributed by atoms with van der Waals surface area (Å²) in [6.07, 6.45) is 2.85. The molecule has 2 atom stereocenters. The highest BCUT2D eigenvalue weighted by molar-refractivity contribution is 6.31. The van der Waals surface area contributed by atoms with Crippen molar-refractivity contribution in [3.05, 3.63) is 38.9 Å². The first-order chi connectivity index (χ1) is 8.59. The van der Waals surface area contributed by atoms with Crippen LogP contribution in [-0.2, 0) is 11.3 Å². The Morgan fingerprint density at radius 1 is 1.50 bits per heavy atom. The van der Waals surface area contributed by atoms with Gasteiger partial charge in [0.2, 0.25) is 0 Å². The van der Waals surface area contributed by atoms with Crippen LogP contribution in [-0.4, -0.2) is 17.1 Å². The van der Waals surface area contributed by atoms with Crippen LogP contribution in [0.4, 0.5) is 5.69 Å². The highest BCUT2D eigenvalue weighted by atomic mass is 35.5. The average Bonchev–Trinajstić information content (AvgIpc) is 2.73. The Kier molecular flexibility index (Phi) is 4.16. The van der Waals surface area contributed by atoms with E-state index in [1.165, 1.54) is 6.07 Å². The molecule has 98 valence electrons. The van der Waals surface area contributed by atoms with Crippen LogP contribution in [0.1, 0.15) is 24.8 Å².